The second-order valence-corrected chi connectivity index (χ2v) is 3.06. The van der Waals surface area contributed by atoms with Gasteiger partial charge in [-0.1, -0.05) is 51.0 Å². The van der Waals surface area contributed by atoms with Crippen LogP contribution in [0.25, 0.3) is 0 Å². The maximum Gasteiger partial charge on any atom is -0.0346 e. The largest absolute Gasteiger partial charge is 0.0708 e. The zero-order chi connectivity index (χ0) is 9.40. The van der Waals surface area contributed by atoms with Crippen molar-refractivity contribution in [1.29, 1.82) is 0 Å². The van der Waals surface area contributed by atoms with Crippen molar-refractivity contribution in [1.82, 2.24) is 0 Å². The van der Waals surface area contributed by atoms with Crippen molar-refractivity contribution in [2.45, 2.75) is 53.4 Å². The molecule has 0 heteroatoms. The van der Waals surface area contributed by atoms with E-state index in [1.807, 2.05) is 0 Å². The van der Waals surface area contributed by atoms with Crippen LogP contribution in [0.15, 0.2) is 23.3 Å². The molecule has 0 atom stereocenters. The van der Waals surface area contributed by atoms with Gasteiger partial charge in [-0.2, -0.15) is 0 Å². The maximum absolute atomic E-state index is 2.29. The van der Waals surface area contributed by atoms with E-state index in [0.29, 0.717) is 0 Å². The van der Waals surface area contributed by atoms with E-state index in [2.05, 4.69) is 39.8 Å². The van der Waals surface area contributed by atoms with Gasteiger partial charge in [-0.3, -0.25) is 0 Å². The van der Waals surface area contributed by atoms with Crippen LogP contribution in [0.2, 0.25) is 0 Å². The summed E-state index contributed by atoms with van der Waals surface area (Å²) in [4.78, 5) is 0. The topological polar surface area (TPSA) is 0 Å². The fourth-order valence-corrected chi connectivity index (χ4v) is 1.21. The second kappa shape index (κ2) is 7.15. The third-order valence-corrected chi connectivity index (χ3v) is 2.37. The highest BCUT2D eigenvalue weighted by Gasteiger charge is 1.89. The zero-order valence-corrected chi connectivity index (χ0v) is 8.98. The lowest BCUT2D eigenvalue weighted by Gasteiger charge is -1.99. The summed E-state index contributed by atoms with van der Waals surface area (Å²) in [7, 11) is 0. The molecular formula is C12H22. The molecule has 0 aliphatic heterocycles. The summed E-state index contributed by atoms with van der Waals surface area (Å²) in [6.45, 7) is 8.89. The summed E-state index contributed by atoms with van der Waals surface area (Å²) in [5.74, 6) is 0. The Labute approximate surface area is 77.4 Å². The Balaban J connectivity index is 4.20. The Morgan fingerprint density at radius 2 is 0.917 bits per heavy atom. The molecule has 0 rings (SSSR count). The lowest BCUT2D eigenvalue weighted by molar-refractivity contribution is 0.960. The van der Waals surface area contributed by atoms with Crippen molar-refractivity contribution >= 4 is 0 Å². The van der Waals surface area contributed by atoms with Gasteiger partial charge in [0.2, 0.25) is 0 Å². The molecular weight excluding hydrogens is 144 g/mol. The second-order valence-electron chi connectivity index (χ2n) is 3.06. The SMILES string of the molecule is CCC(=CC=C(CC)CC)CC. The molecule has 0 fully saturated rings. The van der Waals surface area contributed by atoms with Gasteiger partial charge >= 0.3 is 0 Å². The first-order valence-electron chi connectivity index (χ1n) is 5.15. The first kappa shape index (κ1) is 11.5. The lowest BCUT2D eigenvalue weighted by atomic mass is 10.1. The van der Waals surface area contributed by atoms with Gasteiger partial charge in [0.15, 0.2) is 0 Å². The average molecular weight is 166 g/mol. The Morgan fingerprint density at radius 3 is 1.08 bits per heavy atom. The normalized spacial score (nSPS) is 9.33. The molecule has 0 heterocycles. The van der Waals surface area contributed by atoms with Crippen molar-refractivity contribution in [3.8, 4) is 0 Å². The van der Waals surface area contributed by atoms with E-state index >= 15 is 0 Å². The third kappa shape index (κ3) is 4.38. The summed E-state index contributed by atoms with van der Waals surface area (Å²) in [6, 6.07) is 0. The van der Waals surface area contributed by atoms with Crippen LogP contribution in [0.4, 0.5) is 0 Å². The molecule has 0 aliphatic carbocycles. The monoisotopic (exact) mass is 166 g/mol. The first-order chi connectivity index (χ1) is 5.78. The van der Waals surface area contributed by atoms with Crippen LogP contribution < -0.4 is 0 Å². The molecule has 0 aliphatic rings. The third-order valence-electron chi connectivity index (χ3n) is 2.37. The molecule has 0 aromatic rings. The molecule has 0 radical (unpaired) electrons. The van der Waals surface area contributed by atoms with Gasteiger partial charge in [-0.05, 0) is 25.7 Å². The van der Waals surface area contributed by atoms with Crippen LogP contribution in [0.3, 0.4) is 0 Å². The molecule has 0 spiro atoms. The molecule has 0 aromatic heterocycles. The smallest absolute Gasteiger partial charge is 0.0346 e. The highest BCUT2D eigenvalue weighted by atomic mass is 14.0. The van der Waals surface area contributed by atoms with E-state index in [4.69, 9.17) is 0 Å². The van der Waals surface area contributed by atoms with Gasteiger partial charge in [0.25, 0.3) is 0 Å². The predicted molar refractivity (Wildman–Crippen MR) is 57.3 cm³/mol. The van der Waals surface area contributed by atoms with Gasteiger partial charge in [0.1, 0.15) is 0 Å². The predicted octanol–water partition coefficient (Wildman–Crippen LogP) is 4.48. The molecule has 0 saturated heterocycles. The fourth-order valence-electron chi connectivity index (χ4n) is 1.21. The minimum atomic E-state index is 1.19. The average Bonchev–Trinajstić information content (AvgIpc) is 2.13. The maximum atomic E-state index is 2.29. The summed E-state index contributed by atoms with van der Waals surface area (Å²) in [5, 5.41) is 0. The molecule has 0 saturated carbocycles. The Bertz CT molecular complexity index is 129. The van der Waals surface area contributed by atoms with Crippen LogP contribution in [0.1, 0.15) is 53.4 Å². The lowest BCUT2D eigenvalue weighted by Crippen LogP contribution is -1.79. The first-order valence-corrected chi connectivity index (χ1v) is 5.15. The highest BCUT2D eigenvalue weighted by molar-refractivity contribution is 5.17. The number of rotatable bonds is 5. The van der Waals surface area contributed by atoms with Gasteiger partial charge in [-0.25, -0.2) is 0 Å². The van der Waals surface area contributed by atoms with Crippen molar-refractivity contribution in [3.05, 3.63) is 23.3 Å². The van der Waals surface area contributed by atoms with Crippen molar-refractivity contribution in [2.75, 3.05) is 0 Å². The molecule has 0 aromatic carbocycles. The van der Waals surface area contributed by atoms with E-state index in [-0.39, 0.29) is 0 Å². The number of allylic oxidation sites excluding steroid dienone is 4. The van der Waals surface area contributed by atoms with Gasteiger partial charge in [0, 0.05) is 0 Å². The summed E-state index contributed by atoms with van der Waals surface area (Å²) in [5.41, 5.74) is 3.10. The number of hydrogen-bond donors (Lipinski definition) is 0. The summed E-state index contributed by atoms with van der Waals surface area (Å²) in [6.07, 6.45) is 9.34. The summed E-state index contributed by atoms with van der Waals surface area (Å²) >= 11 is 0. The van der Waals surface area contributed by atoms with E-state index in [0.717, 1.165) is 0 Å². The standard InChI is InChI=1S/C12H22/c1-5-11(6-2)9-10-12(7-3)8-4/h9-10H,5-8H2,1-4H3. The van der Waals surface area contributed by atoms with E-state index in [1.165, 1.54) is 25.7 Å². The van der Waals surface area contributed by atoms with E-state index in [9.17, 15) is 0 Å². The van der Waals surface area contributed by atoms with Crippen molar-refractivity contribution < 1.29 is 0 Å². The molecule has 0 nitrogen and oxygen atoms in total. The van der Waals surface area contributed by atoms with Gasteiger partial charge in [-0.15, -0.1) is 0 Å². The van der Waals surface area contributed by atoms with Crippen LogP contribution in [-0.2, 0) is 0 Å². The Kier molecular flexibility index (Phi) is 6.84. The Morgan fingerprint density at radius 1 is 0.667 bits per heavy atom. The van der Waals surface area contributed by atoms with Crippen molar-refractivity contribution in [3.63, 3.8) is 0 Å². The van der Waals surface area contributed by atoms with Crippen LogP contribution in [0, 0.1) is 0 Å². The van der Waals surface area contributed by atoms with E-state index in [1.54, 1.807) is 11.1 Å². The van der Waals surface area contributed by atoms with Gasteiger partial charge in [0.05, 0.1) is 0 Å². The van der Waals surface area contributed by atoms with Crippen LogP contribution in [-0.4, -0.2) is 0 Å². The molecule has 0 bridgehead atoms. The van der Waals surface area contributed by atoms with Crippen LogP contribution >= 0.6 is 0 Å². The molecule has 0 unspecified atom stereocenters. The minimum Gasteiger partial charge on any atom is -0.0708 e. The number of hydrogen-bond acceptors (Lipinski definition) is 0. The quantitative estimate of drug-likeness (QED) is 0.528. The molecule has 0 amide bonds. The highest BCUT2D eigenvalue weighted by Crippen LogP contribution is 2.10. The minimum absolute atomic E-state index is 1.19. The van der Waals surface area contributed by atoms with Crippen molar-refractivity contribution in [2.24, 2.45) is 0 Å². The molecule has 12 heavy (non-hydrogen) atoms. The summed E-state index contributed by atoms with van der Waals surface area (Å²) < 4.78 is 0. The molecule has 0 N–H and O–H groups in total. The van der Waals surface area contributed by atoms with Crippen LogP contribution in [0.5, 0.6) is 0 Å². The fraction of sp³-hybridized carbons (Fsp3) is 0.667. The van der Waals surface area contributed by atoms with Gasteiger partial charge < -0.3 is 0 Å². The molecule has 70 valence electrons. The Hall–Kier alpha value is -0.520. The van der Waals surface area contributed by atoms with E-state index < -0.39 is 0 Å². The zero-order valence-electron chi connectivity index (χ0n) is 8.98.